The van der Waals surface area contributed by atoms with E-state index in [2.05, 4.69) is 29.7 Å². The summed E-state index contributed by atoms with van der Waals surface area (Å²) < 4.78 is 11.3. The molecule has 1 heterocycles. The molecule has 7 heteroatoms. The van der Waals surface area contributed by atoms with Crippen molar-refractivity contribution in [2.24, 2.45) is 4.99 Å². The van der Waals surface area contributed by atoms with Crippen LogP contribution in [0.25, 0.3) is 0 Å². The third-order valence-electron chi connectivity index (χ3n) is 5.31. The monoisotopic (exact) mass is 521 g/mol. The van der Waals surface area contributed by atoms with Gasteiger partial charge in [0.15, 0.2) is 5.96 Å². The lowest BCUT2D eigenvalue weighted by Gasteiger charge is -2.22. The van der Waals surface area contributed by atoms with Crippen molar-refractivity contribution in [1.82, 2.24) is 10.6 Å². The first-order valence-electron chi connectivity index (χ1n) is 10.2. The first-order valence-corrected chi connectivity index (χ1v) is 10.6. The third-order valence-corrected chi connectivity index (χ3v) is 5.55. The molecule has 1 aliphatic carbocycles. The minimum absolute atomic E-state index is 0. The van der Waals surface area contributed by atoms with Gasteiger partial charge in [-0.15, -0.1) is 24.0 Å². The van der Waals surface area contributed by atoms with Crippen LogP contribution in [0.4, 0.5) is 0 Å². The van der Waals surface area contributed by atoms with E-state index in [0.717, 1.165) is 69.7 Å². The number of nitrogens with one attached hydrogen (secondary N) is 2. The molecule has 158 valence electrons. The highest BCUT2D eigenvalue weighted by atomic mass is 127. The van der Waals surface area contributed by atoms with E-state index in [1.807, 2.05) is 12.1 Å². The Kier molecular flexibility index (Phi) is 10.3. The fraction of sp³-hybridized carbons (Fsp3) is 0.667. The number of halogens is 2. The predicted octanol–water partition coefficient (Wildman–Crippen LogP) is 4.13. The molecular formula is C21H33ClIN3O2. The Morgan fingerprint density at radius 3 is 2.75 bits per heavy atom. The van der Waals surface area contributed by atoms with Gasteiger partial charge in [0.2, 0.25) is 0 Å². The molecule has 0 unspecified atom stereocenters. The summed E-state index contributed by atoms with van der Waals surface area (Å²) in [7, 11) is 0. The second-order valence-corrected chi connectivity index (χ2v) is 7.89. The van der Waals surface area contributed by atoms with Crippen molar-refractivity contribution in [3.63, 3.8) is 0 Å². The molecule has 0 spiro atoms. The van der Waals surface area contributed by atoms with Crippen LogP contribution in [0, 0.1) is 0 Å². The van der Waals surface area contributed by atoms with E-state index in [-0.39, 0.29) is 29.4 Å². The van der Waals surface area contributed by atoms with Crippen LogP contribution in [-0.2, 0) is 14.9 Å². The van der Waals surface area contributed by atoms with Gasteiger partial charge in [-0.3, -0.25) is 4.99 Å². The zero-order valence-electron chi connectivity index (χ0n) is 16.7. The van der Waals surface area contributed by atoms with E-state index in [1.165, 1.54) is 18.4 Å². The summed E-state index contributed by atoms with van der Waals surface area (Å²) in [5, 5.41) is 7.57. The highest BCUT2D eigenvalue weighted by molar-refractivity contribution is 14.0. The van der Waals surface area contributed by atoms with Crippen molar-refractivity contribution in [1.29, 1.82) is 0 Å². The molecule has 1 saturated carbocycles. The lowest BCUT2D eigenvalue weighted by Crippen LogP contribution is -2.38. The third kappa shape index (κ3) is 7.35. The van der Waals surface area contributed by atoms with E-state index in [0.29, 0.717) is 6.10 Å². The van der Waals surface area contributed by atoms with Crippen molar-refractivity contribution in [2.45, 2.75) is 50.5 Å². The summed E-state index contributed by atoms with van der Waals surface area (Å²) in [5.41, 5.74) is 1.47. The molecule has 2 N–H and O–H groups in total. The second-order valence-electron chi connectivity index (χ2n) is 7.45. The topological polar surface area (TPSA) is 54.9 Å². The van der Waals surface area contributed by atoms with Crippen LogP contribution in [0.1, 0.15) is 44.6 Å². The zero-order chi connectivity index (χ0) is 19.0. The number of hydrogen-bond acceptors (Lipinski definition) is 3. The van der Waals surface area contributed by atoms with Gasteiger partial charge in [-0.2, -0.15) is 0 Å². The van der Waals surface area contributed by atoms with Gasteiger partial charge < -0.3 is 20.1 Å². The molecule has 1 saturated heterocycles. The molecule has 3 rings (SSSR count). The van der Waals surface area contributed by atoms with E-state index in [9.17, 15) is 0 Å². The van der Waals surface area contributed by atoms with Crippen molar-refractivity contribution in [3.8, 4) is 0 Å². The molecule has 0 bridgehead atoms. The summed E-state index contributed by atoms with van der Waals surface area (Å²) in [6, 6.07) is 8.21. The van der Waals surface area contributed by atoms with E-state index < -0.39 is 0 Å². The van der Waals surface area contributed by atoms with E-state index >= 15 is 0 Å². The Hall–Kier alpha value is -0.570. The fourth-order valence-electron chi connectivity index (χ4n) is 3.45. The molecular weight excluding hydrogens is 489 g/mol. The summed E-state index contributed by atoms with van der Waals surface area (Å²) in [6.45, 7) is 7.04. The Balaban J connectivity index is 0.00000280. The maximum atomic E-state index is 6.17. The summed E-state index contributed by atoms with van der Waals surface area (Å²) in [4.78, 5) is 4.84. The van der Waals surface area contributed by atoms with E-state index in [4.69, 9.17) is 26.1 Å². The first kappa shape index (κ1) is 23.7. The fourth-order valence-corrected chi connectivity index (χ4v) is 3.64. The van der Waals surface area contributed by atoms with Crippen molar-refractivity contribution < 1.29 is 9.47 Å². The van der Waals surface area contributed by atoms with Crippen LogP contribution in [0.2, 0.25) is 5.02 Å². The second kappa shape index (κ2) is 12.2. The maximum absolute atomic E-state index is 6.17. The highest BCUT2D eigenvalue weighted by Crippen LogP contribution is 2.48. The van der Waals surface area contributed by atoms with Gasteiger partial charge in [0, 0.05) is 43.3 Å². The molecule has 1 aliphatic heterocycles. The number of ether oxygens (including phenoxy) is 2. The molecule has 1 aromatic carbocycles. The molecule has 0 amide bonds. The summed E-state index contributed by atoms with van der Waals surface area (Å²) in [6.07, 6.45) is 5.73. The Morgan fingerprint density at radius 2 is 2.07 bits per heavy atom. The summed E-state index contributed by atoms with van der Waals surface area (Å²) in [5.74, 6) is 0.886. The van der Waals surface area contributed by atoms with Gasteiger partial charge in [0.1, 0.15) is 0 Å². The van der Waals surface area contributed by atoms with Crippen molar-refractivity contribution in [2.75, 3.05) is 39.5 Å². The lowest BCUT2D eigenvalue weighted by molar-refractivity contribution is -0.0320. The molecule has 2 fully saturated rings. The molecule has 2 aliphatic rings. The number of hydrogen-bond donors (Lipinski definition) is 2. The van der Waals surface area contributed by atoms with Crippen LogP contribution in [0.15, 0.2) is 29.3 Å². The average Bonchev–Trinajstić information content (AvgIpc) is 3.48. The van der Waals surface area contributed by atoms with Crippen LogP contribution < -0.4 is 10.6 Å². The minimum atomic E-state index is 0. The summed E-state index contributed by atoms with van der Waals surface area (Å²) >= 11 is 6.17. The van der Waals surface area contributed by atoms with Crippen molar-refractivity contribution >= 4 is 41.5 Å². The number of aliphatic imine (C=N–C) groups is 1. The smallest absolute Gasteiger partial charge is 0.191 e. The Morgan fingerprint density at radius 1 is 1.29 bits per heavy atom. The number of rotatable bonds is 9. The van der Waals surface area contributed by atoms with Gasteiger partial charge in [-0.1, -0.05) is 23.7 Å². The average molecular weight is 522 g/mol. The van der Waals surface area contributed by atoms with Crippen molar-refractivity contribution in [3.05, 3.63) is 34.9 Å². The molecule has 0 atom stereocenters. The highest BCUT2D eigenvalue weighted by Gasteiger charge is 2.44. The van der Waals surface area contributed by atoms with Gasteiger partial charge in [-0.25, -0.2) is 0 Å². The van der Waals surface area contributed by atoms with Gasteiger partial charge >= 0.3 is 0 Å². The Labute approximate surface area is 191 Å². The largest absolute Gasteiger partial charge is 0.381 e. The van der Waals surface area contributed by atoms with Gasteiger partial charge in [0.05, 0.1) is 12.6 Å². The quantitative estimate of drug-likeness (QED) is 0.222. The predicted molar refractivity (Wildman–Crippen MR) is 126 cm³/mol. The zero-order valence-corrected chi connectivity index (χ0v) is 19.8. The minimum Gasteiger partial charge on any atom is -0.381 e. The number of guanidine groups is 1. The van der Waals surface area contributed by atoms with Crippen LogP contribution in [0.5, 0.6) is 0 Å². The molecule has 0 aromatic heterocycles. The first-order chi connectivity index (χ1) is 13.2. The number of nitrogens with zero attached hydrogens (tertiary/aromatic N) is 1. The lowest BCUT2D eigenvalue weighted by atomic mass is 9.96. The molecule has 5 nitrogen and oxygen atoms in total. The molecule has 0 radical (unpaired) electrons. The molecule has 1 aromatic rings. The van der Waals surface area contributed by atoms with Crippen LogP contribution in [0.3, 0.4) is 0 Å². The normalized spacial score (nSPS) is 19.0. The Bertz CT molecular complexity index is 619. The van der Waals surface area contributed by atoms with Crippen LogP contribution >= 0.6 is 35.6 Å². The SMILES string of the molecule is CCNC(=NCC1(c2cccc(Cl)c2)CC1)NCCCOC1CCOCC1.I. The van der Waals surface area contributed by atoms with Crippen LogP contribution in [-0.4, -0.2) is 51.5 Å². The standard InChI is InChI=1S/C21H32ClN3O2.HI/c1-2-23-20(24-11-4-12-27-19-7-13-26-14-8-19)25-16-21(9-10-21)17-5-3-6-18(22)15-17;/h3,5-6,15,19H,2,4,7-14,16H2,1H3,(H2,23,24,25);1H. The van der Waals surface area contributed by atoms with E-state index in [1.54, 1.807) is 0 Å². The number of benzene rings is 1. The molecule has 28 heavy (non-hydrogen) atoms. The van der Waals surface area contributed by atoms with Gasteiger partial charge in [-0.05, 0) is 56.7 Å². The maximum Gasteiger partial charge on any atom is 0.191 e. The van der Waals surface area contributed by atoms with Gasteiger partial charge in [0.25, 0.3) is 0 Å².